The minimum Gasteiger partial charge on any atom is -0.482 e. The van der Waals surface area contributed by atoms with E-state index in [1.54, 1.807) is 6.07 Å². The summed E-state index contributed by atoms with van der Waals surface area (Å²) in [6.07, 6.45) is 0.637. The van der Waals surface area contributed by atoms with Gasteiger partial charge in [0.2, 0.25) is 6.41 Å². The fourth-order valence-corrected chi connectivity index (χ4v) is 3.45. The zero-order valence-electron chi connectivity index (χ0n) is 10.5. The molecule has 0 unspecified atom stereocenters. The Bertz CT molecular complexity index is 663. The van der Waals surface area contributed by atoms with Crippen molar-refractivity contribution in [2.24, 2.45) is 0 Å². The van der Waals surface area contributed by atoms with Crippen LogP contribution in [0, 0.1) is 5.82 Å². The molecule has 0 saturated carbocycles. The van der Waals surface area contributed by atoms with Crippen LogP contribution in [0.25, 0.3) is 10.4 Å². The molecule has 5 heteroatoms. The lowest BCUT2D eigenvalue weighted by Crippen LogP contribution is -2.28. The number of halogens is 1. The maximum Gasteiger partial charge on any atom is 0.212 e. The molecule has 3 rings (SSSR count). The van der Waals surface area contributed by atoms with Gasteiger partial charge in [-0.05, 0) is 38.1 Å². The summed E-state index contributed by atoms with van der Waals surface area (Å²) in [6, 6.07) is 6.37. The predicted molar refractivity (Wildman–Crippen MR) is 73.1 cm³/mol. The Morgan fingerprint density at radius 1 is 1.37 bits per heavy atom. The smallest absolute Gasteiger partial charge is 0.212 e. The topological polar surface area (TPSA) is 38.3 Å². The van der Waals surface area contributed by atoms with Crippen molar-refractivity contribution >= 4 is 22.7 Å². The van der Waals surface area contributed by atoms with Crippen molar-refractivity contribution in [3.8, 4) is 16.2 Å². The van der Waals surface area contributed by atoms with Crippen molar-refractivity contribution in [1.82, 2.24) is 0 Å². The summed E-state index contributed by atoms with van der Waals surface area (Å²) in [5.74, 6) is 0.365. The van der Waals surface area contributed by atoms with E-state index in [4.69, 9.17) is 4.74 Å². The third kappa shape index (κ3) is 1.90. The molecular weight excluding hydrogens is 265 g/mol. The second kappa shape index (κ2) is 4.06. The van der Waals surface area contributed by atoms with E-state index in [1.807, 2.05) is 19.9 Å². The average Bonchev–Trinajstić information content (AvgIpc) is 2.76. The van der Waals surface area contributed by atoms with Gasteiger partial charge in [-0.25, -0.2) is 4.39 Å². The van der Waals surface area contributed by atoms with Crippen molar-refractivity contribution in [2.45, 2.75) is 19.4 Å². The van der Waals surface area contributed by atoms with Crippen LogP contribution in [0.4, 0.5) is 9.39 Å². The lowest BCUT2D eigenvalue weighted by molar-refractivity contribution is -0.105. The van der Waals surface area contributed by atoms with Crippen LogP contribution in [0.15, 0.2) is 24.3 Å². The van der Waals surface area contributed by atoms with Gasteiger partial charge in [-0.1, -0.05) is 0 Å². The van der Waals surface area contributed by atoms with E-state index < -0.39 is 5.60 Å². The van der Waals surface area contributed by atoms with Crippen LogP contribution < -0.4 is 10.1 Å². The minimum absolute atomic E-state index is 0.300. The Balaban J connectivity index is 2.23. The SMILES string of the molecule is CC1(C)Oc2ccc(F)cc2-c2sc(NC=O)cc21. The molecular formula is C14H12FNO2S. The van der Waals surface area contributed by atoms with Gasteiger partial charge in [0, 0.05) is 16.0 Å². The molecule has 2 aromatic rings. The van der Waals surface area contributed by atoms with Crippen molar-refractivity contribution in [1.29, 1.82) is 0 Å². The first-order chi connectivity index (χ1) is 9.01. The van der Waals surface area contributed by atoms with E-state index in [2.05, 4.69) is 5.32 Å². The lowest BCUT2D eigenvalue weighted by Gasteiger charge is -2.32. The van der Waals surface area contributed by atoms with Crippen molar-refractivity contribution in [3.05, 3.63) is 35.6 Å². The molecule has 1 aromatic carbocycles. The number of carbonyl (C=O) groups excluding carboxylic acids is 1. The van der Waals surface area contributed by atoms with E-state index in [0.717, 1.165) is 21.0 Å². The summed E-state index contributed by atoms with van der Waals surface area (Å²) in [7, 11) is 0. The molecule has 0 fully saturated rings. The molecule has 0 atom stereocenters. The number of rotatable bonds is 2. The normalized spacial score (nSPS) is 15.1. The van der Waals surface area contributed by atoms with Gasteiger partial charge in [0.1, 0.15) is 17.2 Å². The fraction of sp³-hybridized carbons (Fsp3) is 0.214. The number of hydrogen-bond donors (Lipinski definition) is 1. The Labute approximate surface area is 114 Å². The average molecular weight is 277 g/mol. The van der Waals surface area contributed by atoms with Gasteiger partial charge in [-0.15, -0.1) is 11.3 Å². The van der Waals surface area contributed by atoms with Gasteiger partial charge in [0.15, 0.2) is 0 Å². The van der Waals surface area contributed by atoms with Gasteiger partial charge in [-0.2, -0.15) is 0 Å². The van der Waals surface area contributed by atoms with Crippen LogP contribution in [0.1, 0.15) is 19.4 Å². The molecule has 0 bridgehead atoms. The number of hydrogen-bond acceptors (Lipinski definition) is 3. The van der Waals surface area contributed by atoms with E-state index in [9.17, 15) is 9.18 Å². The highest BCUT2D eigenvalue weighted by Gasteiger charge is 2.34. The highest BCUT2D eigenvalue weighted by Crippen LogP contribution is 2.50. The van der Waals surface area contributed by atoms with Gasteiger partial charge < -0.3 is 10.1 Å². The van der Waals surface area contributed by atoms with E-state index in [0.29, 0.717) is 12.2 Å². The number of nitrogens with one attached hydrogen (secondary N) is 1. The molecule has 98 valence electrons. The van der Waals surface area contributed by atoms with E-state index in [-0.39, 0.29) is 5.82 Å². The molecule has 1 N–H and O–H groups in total. The quantitative estimate of drug-likeness (QED) is 0.849. The van der Waals surface area contributed by atoms with Gasteiger partial charge in [-0.3, -0.25) is 4.79 Å². The second-order valence-corrected chi connectivity index (χ2v) is 5.92. The zero-order valence-corrected chi connectivity index (χ0v) is 11.3. The van der Waals surface area contributed by atoms with Crippen LogP contribution in [0.2, 0.25) is 0 Å². The standard InChI is InChI=1S/C14H12FNO2S/c1-14(2)10-6-12(16-7-17)19-13(10)9-5-8(15)3-4-11(9)18-14/h3-7H,1-2H3,(H,16,17). The molecule has 3 nitrogen and oxygen atoms in total. The second-order valence-electron chi connectivity index (χ2n) is 4.87. The third-order valence-corrected chi connectivity index (χ3v) is 4.23. The highest BCUT2D eigenvalue weighted by atomic mass is 32.1. The molecule has 0 radical (unpaired) electrons. The molecule has 0 spiro atoms. The summed E-state index contributed by atoms with van der Waals surface area (Å²) in [6.45, 7) is 3.91. The highest BCUT2D eigenvalue weighted by molar-refractivity contribution is 7.19. The summed E-state index contributed by atoms with van der Waals surface area (Å²) < 4.78 is 19.3. The minimum atomic E-state index is -0.501. The Hall–Kier alpha value is -1.88. The van der Waals surface area contributed by atoms with Crippen molar-refractivity contribution in [2.75, 3.05) is 5.32 Å². The molecule has 1 amide bonds. The first-order valence-corrected chi connectivity index (χ1v) is 6.66. The molecule has 19 heavy (non-hydrogen) atoms. The van der Waals surface area contributed by atoms with Crippen LogP contribution in [0.3, 0.4) is 0 Å². The van der Waals surface area contributed by atoms with Crippen LogP contribution >= 0.6 is 11.3 Å². The summed E-state index contributed by atoms with van der Waals surface area (Å²) >= 11 is 1.42. The monoisotopic (exact) mass is 277 g/mol. The number of ether oxygens (including phenoxy) is 1. The number of thiophene rings is 1. The van der Waals surface area contributed by atoms with Gasteiger partial charge in [0.25, 0.3) is 0 Å². The largest absolute Gasteiger partial charge is 0.482 e. The summed E-state index contributed by atoms with van der Waals surface area (Å²) in [5, 5.41) is 3.37. The fourth-order valence-electron chi connectivity index (χ4n) is 2.27. The van der Waals surface area contributed by atoms with E-state index >= 15 is 0 Å². The summed E-state index contributed by atoms with van der Waals surface area (Å²) in [4.78, 5) is 11.5. The Kier molecular flexibility index (Phi) is 2.60. The van der Waals surface area contributed by atoms with E-state index in [1.165, 1.54) is 23.5 Å². The molecule has 1 aliphatic heterocycles. The number of fused-ring (bicyclic) bond motifs is 3. The Morgan fingerprint density at radius 3 is 2.89 bits per heavy atom. The third-order valence-electron chi connectivity index (χ3n) is 3.13. The Morgan fingerprint density at radius 2 is 2.16 bits per heavy atom. The summed E-state index contributed by atoms with van der Waals surface area (Å²) in [5.41, 5.74) is 1.19. The van der Waals surface area contributed by atoms with Crippen molar-refractivity contribution < 1.29 is 13.9 Å². The van der Waals surface area contributed by atoms with Crippen molar-refractivity contribution in [3.63, 3.8) is 0 Å². The lowest BCUT2D eigenvalue weighted by atomic mass is 9.92. The van der Waals surface area contributed by atoms with Gasteiger partial charge in [0.05, 0.1) is 5.00 Å². The number of anilines is 1. The molecule has 1 aliphatic rings. The molecule has 0 aliphatic carbocycles. The predicted octanol–water partition coefficient (Wildman–Crippen LogP) is 3.75. The maximum absolute atomic E-state index is 13.4. The van der Waals surface area contributed by atoms with Crippen LogP contribution in [-0.2, 0) is 10.4 Å². The number of carbonyl (C=O) groups is 1. The number of amides is 1. The number of benzene rings is 1. The first kappa shape index (κ1) is 12.2. The molecule has 2 heterocycles. The van der Waals surface area contributed by atoms with Crippen LogP contribution in [0.5, 0.6) is 5.75 Å². The van der Waals surface area contributed by atoms with Crippen LogP contribution in [-0.4, -0.2) is 6.41 Å². The van der Waals surface area contributed by atoms with Gasteiger partial charge >= 0.3 is 0 Å². The first-order valence-electron chi connectivity index (χ1n) is 5.85. The maximum atomic E-state index is 13.4. The zero-order chi connectivity index (χ0) is 13.6. The molecule has 0 saturated heterocycles. The molecule has 1 aromatic heterocycles.